The number of benzene rings is 2. The number of hydrogen-bond acceptors (Lipinski definition) is 5. The van der Waals surface area contributed by atoms with E-state index in [1.54, 1.807) is 12.1 Å². The van der Waals surface area contributed by atoms with Crippen molar-refractivity contribution in [3.05, 3.63) is 71.9 Å². The molecule has 0 aliphatic carbocycles. The van der Waals surface area contributed by atoms with Gasteiger partial charge in [0.1, 0.15) is 0 Å². The maximum absolute atomic E-state index is 11.8. The summed E-state index contributed by atoms with van der Waals surface area (Å²) in [5, 5.41) is 12.4. The van der Waals surface area contributed by atoms with Crippen molar-refractivity contribution in [1.29, 1.82) is 0 Å². The third kappa shape index (κ3) is 4.83. The number of nitrogens with zero attached hydrogens (tertiary/aromatic N) is 3. The zero-order valence-electron chi connectivity index (χ0n) is 22.2. The summed E-state index contributed by atoms with van der Waals surface area (Å²) >= 11 is 0. The van der Waals surface area contributed by atoms with Gasteiger partial charge in [0.15, 0.2) is 9.84 Å². The van der Waals surface area contributed by atoms with Gasteiger partial charge in [0, 0.05) is 54.8 Å². The number of aliphatic hydroxyl groups is 1. The molecule has 0 amide bonds. The van der Waals surface area contributed by atoms with Crippen molar-refractivity contribution in [3.63, 3.8) is 0 Å². The Balaban J connectivity index is 1.45. The molecule has 1 saturated heterocycles. The monoisotopic (exact) mass is 517 g/mol. The molecule has 194 valence electrons. The Bertz CT molecular complexity index is 1540. The lowest BCUT2D eigenvalue weighted by Gasteiger charge is -2.40. The lowest BCUT2D eigenvalue weighted by atomic mass is 9.83. The van der Waals surface area contributed by atoms with Crippen molar-refractivity contribution >= 4 is 20.7 Å². The van der Waals surface area contributed by atoms with Gasteiger partial charge in [0.05, 0.1) is 21.7 Å². The summed E-state index contributed by atoms with van der Waals surface area (Å²) in [6.45, 7) is 8.23. The van der Waals surface area contributed by atoms with Crippen LogP contribution >= 0.6 is 0 Å². The molecule has 6 nitrogen and oxygen atoms in total. The van der Waals surface area contributed by atoms with Crippen LogP contribution in [0.15, 0.2) is 65.6 Å². The Labute approximate surface area is 219 Å². The molecule has 37 heavy (non-hydrogen) atoms. The van der Waals surface area contributed by atoms with Gasteiger partial charge in [0.25, 0.3) is 0 Å². The van der Waals surface area contributed by atoms with Gasteiger partial charge in [-0.2, -0.15) is 0 Å². The molecule has 5 rings (SSSR count). The van der Waals surface area contributed by atoms with Crippen molar-refractivity contribution < 1.29 is 13.5 Å². The van der Waals surface area contributed by atoms with Gasteiger partial charge in [-0.05, 0) is 69.0 Å². The molecule has 0 unspecified atom stereocenters. The maximum atomic E-state index is 11.8. The van der Waals surface area contributed by atoms with Crippen LogP contribution in [0.25, 0.3) is 33.4 Å². The van der Waals surface area contributed by atoms with Crippen molar-refractivity contribution in [2.24, 2.45) is 7.05 Å². The van der Waals surface area contributed by atoms with E-state index in [4.69, 9.17) is 4.98 Å². The van der Waals surface area contributed by atoms with Gasteiger partial charge in [-0.1, -0.05) is 36.4 Å². The smallest absolute Gasteiger partial charge is 0.175 e. The normalized spacial score (nSPS) is 16.5. The zero-order chi connectivity index (χ0) is 26.5. The van der Waals surface area contributed by atoms with Gasteiger partial charge in [-0.25, -0.2) is 8.42 Å². The Morgan fingerprint density at radius 2 is 1.54 bits per heavy atom. The molecule has 2 aromatic carbocycles. The SMILES string of the molecule is Cc1nc(-c2ccc(C3(O)CCN(C(C)C)CC3)cc2)cc2c1cc(-c1ccc(S(C)(=O)=O)cc1)n2C. The molecule has 1 aliphatic rings. The summed E-state index contributed by atoms with van der Waals surface area (Å²) < 4.78 is 25.8. The molecule has 0 radical (unpaired) electrons. The van der Waals surface area contributed by atoms with Gasteiger partial charge in [-0.15, -0.1) is 0 Å². The van der Waals surface area contributed by atoms with E-state index in [9.17, 15) is 13.5 Å². The van der Waals surface area contributed by atoms with Crippen molar-refractivity contribution in [2.75, 3.05) is 19.3 Å². The molecule has 0 atom stereocenters. The fraction of sp³-hybridized carbons (Fsp3) is 0.367. The van der Waals surface area contributed by atoms with E-state index in [1.807, 2.05) is 38.2 Å². The van der Waals surface area contributed by atoms with Crippen LogP contribution in [0.2, 0.25) is 0 Å². The highest BCUT2D eigenvalue weighted by molar-refractivity contribution is 7.90. The largest absolute Gasteiger partial charge is 0.385 e. The second kappa shape index (κ2) is 9.39. The summed E-state index contributed by atoms with van der Waals surface area (Å²) in [5.41, 5.74) is 6.04. The van der Waals surface area contributed by atoms with E-state index in [0.29, 0.717) is 10.9 Å². The predicted molar refractivity (Wildman–Crippen MR) is 149 cm³/mol. The van der Waals surface area contributed by atoms with Gasteiger partial charge < -0.3 is 14.6 Å². The summed E-state index contributed by atoms with van der Waals surface area (Å²) in [6, 6.07) is 19.9. The molecule has 0 bridgehead atoms. The highest BCUT2D eigenvalue weighted by Crippen LogP contribution is 2.36. The summed E-state index contributed by atoms with van der Waals surface area (Å²) in [5.74, 6) is 0. The number of piperidine rings is 1. The van der Waals surface area contributed by atoms with Gasteiger partial charge in [0.2, 0.25) is 0 Å². The van der Waals surface area contributed by atoms with Crippen molar-refractivity contribution in [2.45, 2.75) is 50.2 Å². The number of sulfone groups is 1. The molecular formula is C30H35N3O3S. The highest BCUT2D eigenvalue weighted by Gasteiger charge is 2.34. The van der Waals surface area contributed by atoms with Crippen LogP contribution in [-0.4, -0.2) is 53.4 Å². The van der Waals surface area contributed by atoms with E-state index in [1.165, 1.54) is 6.26 Å². The molecule has 7 heteroatoms. The van der Waals surface area contributed by atoms with Crippen LogP contribution in [0.4, 0.5) is 0 Å². The Hall–Kier alpha value is -3.00. The maximum Gasteiger partial charge on any atom is 0.175 e. The molecule has 1 N–H and O–H groups in total. The molecule has 0 spiro atoms. The van der Waals surface area contributed by atoms with Crippen LogP contribution in [0.1, 0.15) is 37.9 Å². The number of pyridine rings is 1. The predicted octanol–water partition coefficient (Wildman–Crippen LogP) is 5.31. The van der Waals surface area contributed by atoms with Gasteiger partial charge in [-0.3, -0.25) is 4.98 Å². The Morgan fingerprint density at radius 1 is 0.946 bits per heavy atom. The third-order valence-corrected chi connectivity index (χ3v) is 9.01. The van der Waals surface area contributed by atoms with Crippen LogP contribution in [-0.2, 0) is 22.5 Å². The number of fused-ring (bicyclic) bond motifs is 1. The fourth-order valence-corrected chi connectivity index (χ4v) is 6.06. The molecule has 4 aromatic rings. The van der Waals surface area contributed by atoms with Crippen molar-refractivity contribution in [1.82, 2.24) is 14.5 Å². The van der Waals surface area contributed by atoms with E-state index in [2.05, 4.69) is 47.6 Å². The Morgan fingerprint density at radius 3 is 2.11 bits per heavy atom. The minimum atomic E-state index is -3.23. The summed E-state index contributed by atoms with van der Waals surface area (Å²) in [4.78, 5) is 7.62. The lowest BCUT2D eigenvalue weighted by Crippen LogP contribution is -2.45. The molecule has 0 saturated carbocycles. The van der Waals surface area contributed by atoms with Crippen LogP contribution < -0.4 is 0 Å². The lowest BCUT2D eigenvalue weighted by molar-refractivity contribution is -0.0323. The molecule has 2 aromatic heterocycles. The second-order valence-corrected chi connectivity index (χ2v) is 12.7. The first-order valence-corrected chi connectivity index (χ1v) is 14.7. The van der Waals surface area contributed by atoms with Crippen LogP contribution in [0.3, 0.4) is 0 Å². The fourth-order valence-electron chi connectivity index (χ4n) is 5.43. The molecule has 1 fully saturated rings. The summed E-state index contributed by atoms with van der Waals surface area (Å²) in [7, 11) is -1.21. The average Bonchev–Trinajstić information content (AvgIpc) is 3.21. The number of hydrogen-bond donors (Lipinski definition) is 1. The first kappa shape index (κ1) is 25.6. The number of rotatable bonds is 5. The quantitative estimate of drug-likeness (QED) is 0.388. The average molecular weight is 518 g/mol. The topological polar surface area (TPSA) is 75.4 Å². The second-order valence-electron chi connectivity index (χ2n) is 10.6. The number of aromatic nitrogens is 2. The molecule has 1 aliphatic heterocycles. The van der Waals surface area contributed by atoms with Crippen LogP contribution in [0, 0.1) is 6.92 Å². The molecule has 3 heterocycles. The van der Waals surface area contributed by atoms with Crippen molar-refractivity contribution in [3.8, 4) is 22.5 Å². The number of likely N-dealkylation sites (tertiary alicyclic amines) is 1. The van der Waals surface area contributed by atoms with Gasteiger partial charge >= 0.3 is 0 Å². The number of aryl methyl sites for hydroxylation is 2. The summed E-state index contributed by atoms with van der Waals surface area (Å²) in [6.07, 6.45) is 2.70. The first-order valence-electron chi connectivity index (χ1n) is 12.8. The van der Waals surface area contributed by atoms with E-state index in [-0.39, 0.29) is 0 Å². The standard InChI is InChI=1S/C30H35N3O3S/c1-20(2)33-16-14-30(34,15-17-33)24-10-6-22(7-11-24)27-19-29-26(21(3)31-27)18-28(32(29)4)23-8-12-25(13-9-23)37(5,35)36/h6-13,18-20,34H,14-17H2,1-5H3. The zero-order valence-corrected chi connectivity index (χ0v) is 23.0. The Kier molecular flexibility index (Phi) is 6.51. The van der Waals surface area contributed by atoms with E-state index in [0.717, 1.165) is 70.6 Å². The van der Waals surface area contributed by atoms with E-state index < -0.39 is 15.4 Å². The third-order valence-electron chi connectivity index (χ3n) is 7.88. The van der Waals surface area contributed by atoms with Crippen LogP contribution in [0.5, 0.6) is 0 Å². The first-order chi connectivity index (χ1) is 17.5. The van der Waals surface area contributed by atoms with E-state index >= 15 is 0 Å². The minimum Gasteiger partial charge on any atom is -0.385 e. The molecular weight excluding hydrogens is 482 g/mol. The highest BCUT2D eigenvalue weighted by atomic mass is 32.2. The minimum absolute atomic E-state index is 0.314.